The fraction of sp³-hybridized carbons (Fsp3) is 0.647. The van der Waals surface area contributed by atoms with Crippen molar-refractivity contribution in [2.24, 2.45) is 11.8 Å². The Morgan fingerprint density at radius 2 is 2.13 bits per heavy atom. The summed E-state index contributed by atoms with van der Waals surface area (Å²) in [5.74, 6) is 2.95. The Morgan fingerprint density at radius 1 is 1.39 bits per heavy atom. The molecule has 0 spiro atoms. The van der Waals surface area contributed by atoms with Gasteiger partial charge in [0.25, 0.3) is 0 Å². The van der Waals surface area contributed by atoms with Crippen LogP contribution in [0.3, 0.4) is 0 Å². The lowest BCUT2D eigenvalue weighted by atomic mass is 9.92. The number of piperidine rings is 1. The molecule has 0 aromatic carbocycles. The van der Waals surface area contributed by atoms with Crippen molar-refractivity contribution in [3.63, 3.8) is 0 Å². The van der Waals surface area contributed by atoms with Crippen molar-refractivity contribution in [1.29, 1.82) is 0 Å². The Kier molecular flexibility index (Phi) is 7.05. The minimum absolute atomic E-state index is 0.586. The highest BCUT2D eigenvalue weighted by Crippen LogP contribution is 2.21. The Bertz CT molecular complexity index is 501. The van der Waals surface area contributed by atoms with Crippen LogP contribution in [0.5, 0.6) is 5.75 Å². The molecule has 2 atom stereocenters. The molecule has 1 aliphatic rings. The number of thiocarbonyl (C=S) groups is 1. The molecule has 23 heavy (non-hydrogen) atoms. The molecule has 1 aliphatic heterocycles. The summed E-state index contributed by atoms with van der Waals surface area (Å²) in [7, 11) is 1.62. The smallest absolute Gasteiger partial charge is 0.174 e. The van der Waals surface area contributed by atoms with E-state index in [4.69, 9.17) is 17.0 Å². The molecule has 0 bridgehead atoms. The second-order valence-corrected chi connectivity index (χ2v) is 6.90. The molecule has 1 fully saturated rings. The summed E-state index contributed by atoms with van der Waals surface area (Å²) in [4.78, 5) is 6.80. The number of ether oxygens (including phenoxy) is 1. The van der Waals surface area contributed by atoms with Crippen LogP contribution in [0.1, 0.15) is 26.7 Å². The number of hydrogen-bond acceptors (Lipinski definition) is 4. The highest BCUT2D eigenvalue weighted by atomic mass is 32.1. The molecule has 0 amide bonds. The topological polar surface area (TPSA) is 49.4 Å². The molecule has 1 saturated heterocycles. The molecule has 128 valence electrons. The van der Waals surface area contributed by atoms with E-state index >= 15 is 0 Å². The van der Waals surface area contributed by atoms with Crippen molar-refractivity contribution < 1.29 is 4.74 Å². The maximum absolute atomic E-state index is 5.32. The van der Waals surface area contributed by atoms with Gasteiger partial charge in [-0.05, 0) is 55.6 Å². The predicted octanol–water partition coefficient (Wildman–Crippen LogP) is 2.74. The summed E-state index contributed by atoms with van der Waals surface area (Å²) >= 11 is 5.32. The molecule has 6 heteroatoms. The Balaban J connectivity index is 1.67. The van der Waals surface area contributed by atoms with Crippen molar-refractivity contribution in [3.05, 3.63) is 18.3 Å². The third kappa shape index (κ3) is 5.95. The second-order valence-electron chi connectivity index (χ2n) is 6.49. The third-order valence-electron chi connectivity index (χ3n) is 4.10. The van der Waals surface area contributed by atoms with Gasteiger partial charge in [-0.2, -0.15) is 0 Å². The average molecular weight is 337 g/mol. The first kappa shape index (κ1) is 17.9. The molecule has 0 unspecified atom stereocenters. The van der Waals surface area contributed by atoms with E-state index in [0.29, 0.717) is 16.7 Å². The Labute approximate surface area is 144 Å². The van der Waals surface area contributed by atoms with Crippen molar-refractivity contribution in [2.45, 2.75) is 26.7 Å². The van der Waals surface area contributed by atoms with Crippen molar-refractivity contribution in [2.75, 3.05) is 38.6 Å². The van der Waals surface area contributed by atoms with Crippen LogP contribution in [0.2, 0.25) is 0 Å². The van der Waals surface area contributed by atoms with E-state index in [2.05, 4.69) is 34.4 Å². The summed E-state index contributed by atoms with van der Waals surface area (Å²) in [6.45, 7) is 9.12. The lowest BCUT2D eigenvalue weighted by Gasteiger charge is -2.34. The summed E-state index contributed by atoms with van der Waals surface area (Å²) < 4.78 is 5.25. The predicted molar refractivity (Wildman–Crippen MR) is 99.0 cm³/mol. The van der Waals surface area contributed by atoms with Gasteiger partial charge in [-0.15, -0.1) is 0 Å². The number of nitrogens with one attached hydrogen (secondary N) is 2. The zero-order chi connectivity index (χ0) is 16.7. The largest absolute Gasteiger partial charge is 0.493 e. The Morgan fingerprint density at radius 3 is 2.83 bits per heavy atom. The molecule has 5 nitrogen and oxygen atoms in total. The first-order valence-corrected chi connectivity index (χ1v) is 8.75. The zero-order valence-electron chi connectivity index (χ0n) is 14.3. The van der Waals surface area contributed by atoms with Gasteiger partial charge in [-0.25, -0.2) is 4.98 Å². The lowest BCUT2D eigenvalue weighted by molar-refractivity contribution is 0.140. The van der Waals surface area contributed by atoms with Gasteiger partial charge in [0.05, 0.1) is 7.11 Å². The maximum Gasteiger partial charge on any atom is 0.174 e. The van der Waals surface area contributed by atoms with Gasteiger partial charge < -0.3 is 20.3 Å². The second kappa shape index (κ2) is 9.03. The van der Waals surface area contributed by atoms with Crippen LogP contribution < -0.4 is 15.4 Å². The summed E-state index contributed by atoms with van der Waals surface area (Å²) in [6, 6.07) is 3.69. The summed E-state index contributed by atoms with van der Waals surface area (Å²) in [5.41, 5.74) is 0. The van der Waals surface area contributed by atoms with E-state index < -0.39 is 0 Å². The van der Waals surface area contributed by atoms with E-state index in [1.54, 1.807) is 13.3 Å². The van der Waals surface area contributed by atoms with E-state index in [1.807, 2.05) is 12.1 Å². The molecule has 2 heterocycles. The van der Waals surface area contributed by atoms with Gasteiger partial charge in [0.1, 0.15) is 0 Å². The van der Waals surface area contributed by atoms with Crippen LogP contribution in [0, 0.1) is 11.8 Å². The molecular weight excluding hydrogens is 308 g/mol. The molecule has 2 N–H and O–H groups in total. The number of hydrogen-bond donors (Lipinski definition) is 2. The van der Waals surface area contributed by atoms with Gasteiger partial charge in [-0.1, -0.05) is 13.8 Å². The van der Waals surface area contributed by atoms with Crippen molar-refractivity contribution in [3.8, 4) is 5.75 Å². The SMILES string of the molecule is COc1cccnc1NC(=S)NCCCN1C[C@H](C)C[C@H](C)C1. The van der Waals surface area contributed by atoms with Crippen LogP contribution in [-0.2, 0) is 0 Å². The highest BCUT2D eigenvalue weighted by Gasteiger charge is 2.20. The first-order chi connectivity index (χ1) is 11.1. The standard InChI is InChI=1S/C17H28N4OS/c1-13-10-14(2)12-21(11-13)9-5-8-19-17(23)20-16-15(22-3)6-4-7-18-16/h4,6-7,13-14H,5,8-12H2,1-3H3,(H2,18,19,20,23)/t13-,14+. The van der Waals surface area contributed by atoms with E-state index in [-0.39, 0.29) is 0 Å². The molecule has 1 aromatic rings. The molecule has 2 rings (SSSR count). The van der Waals surface area contributed by atoms with Gasteiger partial charge in [0, 0.05) is 25.8 Å². The number of aromatic nitrogens is 1. The van der Waals surface area contributed by atoms with Crippen molar-refractivity contribution >= 4 is 23.1 Å². The number of anilines is 1. The number of nitrogens with zero attached hydrogens (tertiary/aromatic N) is 2. The lowest BCUT2D eigenvalue weighted by Crippen LogP contribution is -2.40. The fourth-order valence-electron chi connectivity index (χ4n) is 3.28. The van der Waals surface area contributed by atoms with Crippen LogP contribution in [0.4, 0.5) is 5.82 Å². The van der Waals surface area contributed by atoms with Gasteiger partial charge in [0.15, 0.2) is 16.7 Å². The normalized spacial score (nSPS) is 21.7. The summed E-state index contributed by atoms with van der Waals surface area (Å²) in [5, 5.41) is 6.91. The number of methoxy groups -OCH3 is 1. The van der Waals surface area contributed by atoms with Crippen LogP contribution in [-0.4, -0.2) is 48.3 Å². The van der Waals surface area contributed by atoms with Gasteiger partial charge in [0.2, 0.25) is 0 Å². The van der Waals surface area contributed by atoms with E-state index in [9.17, 15) is 0 Å². The molecule has 0 aliphatic carbocycles. The minimum atomic E-state index is 0.586. The quantitative estimate of drug-likeness (QED) is 0.615. The third-order valence-corrected chi connectivity index (χ3v) is 4.35. The molecule has 1 aromatic heterocycles. The number of pyridine rings is 1. The molecular formula is C17H28N4OS. The summed E-state index contributed by atoms with van der Waals surface area (Å²) in [6.07, 6.45) is 4.15. The van der Waals surface area contributed by atoms with Crippen LogP contribution in [0.15, 0.2) is 18.3 Å². The zero-order valence-corrected chi connectivity index (χ0v) is 15.2. The van der Waals surface area contributed by atoms with Crippen LogP contribution >= 0.6 is 12.2 Å². The number of likely N-dealkylation sites (tertiary alicyclic amines) is 1. The van der Waals surface area contributed by atoms with E-state index in [0.717, 1.165) is 31.3 Å². The monoisotopic (exact) mass is 336 g/mol. The maximum atomic E-state index is 5.32. The Hall–Kier alpha value is -1.40. The first-order valence-electron chi connectivity index (χ1n) is 8.34. The van der Waals surface area contributed by atoms with Gasteiger partial charge >= 0.3 is 0 Å². The van der Waals surface area contributed by atoms with Crippen molar-refractivity contribution in [1.82, 2.24) is 15.2 Å². The molecule has 0 radical (unpaired) electrons. The average Bonchev–Trinajstić information content (AvgIpc) is 2.51. The highest BCUT2D eigenvalue weighted by molar-refractivity contribution is 7.80. The fourth-order valence-corrected chi connectivity index (χ4v) is 3.48. The van der Waals surface area contributed by atoms with Crippen LogP contribution in [0.25, 0.3) is 0 Å². The number of rotatable bonds is 6. The molecule has 0 saturated carbocycles. The van der Waals surface area contributed by atoms with E-state index in [1.165, 1.54) is 19.5 Å². The van der Waals surface area contributed by atoms with Gasteiger partial charge in [-0.3, -0.25) is 0 Å². The minimum Gasteiger partial charge on any atom is -0.493 e.